The van der Waals surface area contributed by atoms with E-state index in [9.17, 15) is 8.78 Å². The van der Waals surface area contributed by atoms with Gasteiger partial charge in [-0.15, -0.1) is 0 Å². The van der Waals surface area contributed by atoms with Gasteiger partial charge in [0.15, 0.2) is 0 Å². The second-order valence-corrected chi connectivity index (χ2v) is 6.30. The third-order valence-electron chi connectivity index (χ3n) is 4.66. The van der Waals surface area contributed by atoms with Gasteiger partial charge in [-0.05, 0) is 37.4 Å². The van der Waals surface area contributed by atoms with Crippen molar-refractivity contribution in [1.29, 1.82) is 0 Å². The van der Waals surface area contributed by atoms with Crippen LogP contribution >= 0.6 is 0 Å². The Hall–Kier alpha value is -0.960. The normalized spacial score (nSPS) is 18.5. The van der Waals surface area contributed by atoms with Gasteiger partial charge in [0.25, 0.3) is 0 Å². The fourth-order valence-corrected chi connectivity index (χ4v) is 3.48. The molecule has 1 nitrogen and oxygen atoms in total. The highest BCUT2D eigenvalue weighted by Crippen LogP contribution is 2.33. The molecular formula is C18H27F2N. The first kappa shape index (κ1) is 16.4. The molecule has 0 spiro atoms. The summed E-state index contributed by atoms with van der Waals surface area (Å²) in [5, 5.41) is 3.30. The van der Waals surface area contributed by atoms with Crippen molar-refractivity contribution in [3.05, 3.63) is 34.9 Å². The van der Waals surface area contributed by atoms with Gasteiger partial charge in [-0.3, -0.25) is 0 Å². The number of hydrogen-bond acceptors (Lipinski definition) is 1. The van der Waals surface area contributed by atoms with Gasteiger partial charge in [-0.25, -0.2) is 8.78 Å². The van der Waals surface area contributed by atoms with Crippen molar-refractivity contribution in [2.75, 3.05) is 6.54 Å². The molecule has 0 aromatic heterocycles. The lowest BCUT2D eigenvalue weighted by Gasteiger charge is -2.25. The van der Waals surface area contributed by atoms with E-state index in [1.54, 1.807) is 6.92 Å². The molecule has 0 saturated heterocycles. The van der Waals surface area contributed by atoms with Crippen LogP contribution in [0.25, 0.3) is 0 Å². The predicted octanol–water partition coefficient (Wildman–Crippen LogP) is 5.28. The Bertz CT molecular complexity index is 451. The molecule has 1 aliphatic carbocycles. The van der Waals surface area contributed by atoms with Gasteiger partial charge < -0.3 is 5.32 Å². The zero-order valence-corrected chi connectivity index (χ0v) is 13.2. The van der Waals surface area contributed by atoms with Crippen LogP contribution < -0.4 is 5.32 Å². The summed E-state index contributed by atoms with van der Waals surface area (Å²) in [7, 11) is 0. The third kappa shape index (κ3) is 4.26. The predicted molar refractivity (Wildman–Crippen MR) is 83.3 cm³/mol. The molecule has 1 aromatic carbocycles. The first-order valence-electron chi connectivity index (χ1n) is 8.31. The maximum Gasteiger partial charge on any atom is 0.133 e. The number of aryl methyl sites for hydroxylation is 1. The Labute approximate surface area is 127 Å². The molecule has 3 heteroatoms. The molecule has 0 bridgehead atoms. The molecule has 1 unspecified atom stereocenters. The number of rotatable bonds is 5. The van der Waals surface area contributed by atoms with Gasteiger partial charge in [-0.1, -0.05) is 51.5 Å². The summed E-state index contributed by atoms with van der Waals surface area (Å²) in [6, 6.07) is 2.70. The molecule has 0 aliphatic heterocycles. The summed E-state index contributed by atoms with van der Waals surface area (Å²) in [6.07, 6.45) is 8.33. The van der Waals surface area contributed by atoms with E-state index in [1.165, 1.54) is 50.7 Å². The van der Waals surface area contributed by atoms with Crippen LogP contribution in [0.15, 0.2) is 12.1 Å². The summed E-state index contributed by atoms with van der Waals surface area (Å²) < 4.78 is 28.5. The van der Waals surface area contributed by atoms with E-state index >= 15 is 0 Å². The number of halogens is 2. The minimum absolute atomic E-state index is 0.210. The highest BCUT2D eigenvalue weighted by Gasteiger charge is 2.24. The van der Waals surface area contributed by atoms with E-state index < -0.39 is 5.82 Å². The van der Waals surface area contributed by atoms with Gasteiger partial charge >= 0.3 is 0 Å². The van der Waals surface area contributed by atoms with Crippen molar-refractivity contribution in [2.45, 2.75) is 64.8 Å². The summed E-state index contributed by atoms with van der Waals surface area (Å²) in [5.74, 6) is -0.219. The smallest absolute Gasteiger partial charge is 0.133 e. The maximum atomic E-state index is 14.4. The molecule has 1 fully saturated rings. The second-order valence-electron chi connectivity index (χ2n) is 6.30. The van der Waals surface area contributed by atoms with Gasteiger partial charge in [-0.2, -0.15) is 0 Å². The average Bonchev–Trinajstić information content (AvgIpc) is 2.72. The molecule has 1 N–H and O–H groups in total. The molecule has 0 heterocycles. The van der Waals surface area contributed by atoms with Crippen molar-refractivity contribution in [2.24, 2.45) is 5.92 Å². The highest BCUT2D eigenvalue weighted by molar-refractivity contribution is 5.29. The van der Waals surface area contributed by atoms with Crippen LogP contribution in [0.2, 0.25) is 0 Å². The lowest BCUT2D eigenvalue weighted by atomic mass is 9.88. The van der Waals surface area contributed by atoms with E-state index in [-0.39, 0.29) is 17.4 Å². The third-order valence-corrected chi connectivity index (χ3v) is 4.66. The number of benzene rings is 1. The van der Waals surface area contributed by atoms with E-state index in [1.807, 2.05) is 6.92 Å². The molecule has 1 aliphatic rings. The first-order valence-corrected chi connectivity index (χ1v) is 8.31. The van der Waals surface area contributed by atoms with Crippen LogP contribution in [-0.2, 0) is 0 Å². The lowest BCUT2D eigenvalue weighted by Crippen LogP contribution is -2.26. The van der Waals surface area contributed by atoms with E-state index in [0.717, 1.165) is 13.0 Å². The standard InChI is InChI=1S/C18H27F2N/c1-3-21-16(12-14-8-6-4-5-7-9-14)17-15(19)11-10-13(2)18(17)20/h10-11,14,16,21H,3-9,12H2,1-2H3. The molecule has 21 heavy (non-hydrogen) atoms. The number of nitrogens with one attached hydrogen (secondary N) is 1. The Balaban J connectivity index is 2.20. The summed E-state index contributed by atoms with van der Waals surface area (Å²) in [4.78, 5) is 0. The van der Waals surface area contributed by atoms with Gasteiger partial charge in [0.2, 0.25) is 0 Å². The monoisotopic (exact) mass is 295 g/mol. The molecular weight excluding hydrogens is 268 g/mol. The molecule has 0 radical (unpaired) electrons. The van der Waals surface area contributed by atoms with Gasteiger partial charge in [0.1, 0.15) is 11.6 Å². The molecule has 0 amide bonds. The topological polar surface area (TPSA) is 12.0 Å². The second kappa shape index (κ2) is 7.88. The zero-order chi connectivity index (χ0) is 15.2. The maximum absolute atomic E-state index is 14.4. The van der Waals surface area contributed by atoms with Crippen LogP contribution in [0.3, 0.4) is 0 Å². The van der Waals surface area contributed by atoms with Crippen LogP contribution in [0, 0.1) is 24.5 Å². The van der Waals surface area contributed by atoms with Crippen molar-refractivity contribution in [3.8, 4) is 0 Å². The summed E-state index contributed by atoms with van der Waals surface area (Å²) >= 11 is 0. The van der Waals surface area contributed by atoms with Crippen molar-refractivity contribution in [1.82, 2.24) is 5.32 Å². The van der Waals surface area contributed by atoms with E-state index in [4.69, 9.17) is 0 Å². The van der Waals surface area contributed by atoms with Crippen LogP contribution in [0.5, 0.6) is 0 Å². The van der Waals surface area contributed by atoms with Crippen LogP contribution in [-0.4, -0.2) is 6.54 Å². The Kier molecular flexibility index (Phi) is 6.16. The zero-order valence-electron chi connectivity index (χ0n) is 13.2. The van der Waals surface area contributed by atoms with Crippen LogP contribution in [0.4, 0.5) is 8.78 Å². The quantitative estimate of drug-likeness (QED) is 0.728. The van der Waals surface area contributed by atoms with Gasteiger partial charge in [0, 0.05) is 11.6 Å². The molecule has 1 saturated carbocycles. The molecule has 2 rings (SSSR count). The highest BCUT2D eigenvalue weighted by atomic mass is 19.1. The van der Waals surface area contributed by atoms with E-state index in [0.29, 0.717) is 11.5 Å². The van der Waals surface area contributed by atoms with Crippen LogP contribution in [0.1, 0.15) is 69.0 Å². The summed E-state index contributed by atoms with van der Waals surface area (Å²) in [5.41, 5.74) is 0.760. The van der Waals surface area contributed by atoms with Gasteiger partial charge in [0.05, 0.1) is 0 Å². The number of hydrogen-bond donors (Lipinski definition) is 1. The average molecular weight is 295 g/mol. The van der Waals surface area contributed by atoms with E-state index in [2.05, 4.69) is 5.32 Å². The first-order chi connectivity index (χ1) is 10.1. The molecule has 1 atom stereocenters. The molecule has 118 valence electrons. The fraction of sp³-hybridized carbons (Fsp3) is 0.667. The Morgan fingerprint density at radius 1 is 1.14 bits per heavy atom. The fourth-order valence-electron chi connectivity index (χ4n) is 3.48. The van der Waals surface area contributed by atoms with Crippen molar-refractivity contribution >= 4 is 0 Å². The Morgan fingerprint density at radius 2 is 1.81 bits per heavy atom. The summed E-state index contributed by atoms with van der Waals surface area (Å²) in [6.45, 7) is 4.42. The van der Waals surface area contributed by atoms with Crippen molar-refractivity contribution < 1.29 is 8.78 Å². The Morgan fingerprint density at radius 3 is 2.43 bits per heavy atom. The van der Waals surface area contributed by atoms with Crippen molar-refractivity contribution in [3.63, 3.8) is 0 Å². The minimum atomic E-state index is -0.419. The lowest BCUT2D eigenvalue weighted by molar-refractivity contribution is 0.345. The minimum Gasteiger partial charge on any atom is -0.310 e. The molecule has 1 aromatic rings. The largest absolute Gasteiger partial charge is 0.310 e. The SMILES string of the molecule is CCNC(CC1CCCCCC1)c1c(F)ccc(C)c1F.